The molecular weight excluding hydrogens is 372 g/mol. The normalized spacial score (nSPS) is 12.7. The van der Waals surface area contributed by atoms with Crippen LogP contribution in [0.2, 0.25) is 0 Å². The lowest BCUT2D eigenvalue weighted by Crippen LogP contribution is -2.29. The molecule has 0 aliphatic carbocycles. The van der Waals surface area contributed by atoms with Crippen LogP contribution in [0.1, 0.15) is 38.0 Å². The van der Waals surface area contributed by atoms with E-state index in [0.29, 0.717) is 23.5 Å². The number of nitrogens with zero attached hydrogens (tertiary/aromatic N) is 3. The number of rotatable bonds is 5. The predicted octanol–water partition coefficient (Wildman–Crippen LogP) is 2.93. The quantitative estimate of drug-likeness (QED) is 0.675. The van der Waals surface area contributed by atoms with Gasteiger partial charge >= 0.3 is 0 Å². The van der Waals surface area contributed by atoms with Crippen LogP contribution in [0, 0.1) is 0 Å². The van der Waals surface area contributed by atoms with Gasteiger partial charge in [0.1, 0.15) is 5.75 Å². The Hall–Kier alpha value is -4.07. The Balaban J connectivity index is 1.49. The molecular formula is C21H16N4O4. The maximum atomic E-state index is 12.5. The molecule has 2 heterocycles. The predicted molar refractivity (Wildman–Crippen MR) is 105 cm³/mol. The number of benzene rings is 2. The minimum Gasteiger partial charge on any atom is -0.494 e. The molecule has 144 valence electrons. The molecule has 0 fully saturated rings. The van der Waals surface area contributed by atoms with Crippen LogP contribution in [0.4, 0.5) is 11.4 Å². The first-order valence-corrected chi connectivity index (χ1v) is 8.92. The van der Waals surface area contributed by atoms with Crippen LogP contribution in [-0.2, 0) is 0 Å². The number of ether oxygens (including phenoxy) is 1. The molecule has 8 nitrogen and oxygen atoms in total. The van der Waals surface area contributed by atoms with Gasteiger partial charge in [-0.3, -0.25) is 14.4 Å². The molecule has 0 bridgehead atoms. The fourth-order valence-electron chi connectivity index (χ4n) is 3.00. The second-order valence-electron chi connectivity index (χ2n) is 6.22. The summed E-state index contributed by atoms with van der Waals surface area (Å²) in [5, 5.41) is 10.1. The van der Waals surface area contributed by atoms with Crippen LogP contribution >= 0.6 is 0 Å². The molecule has 0 spiro atoms. The van der Waals surface area contributed by atoms with Gasteiger partial charge in [-0.05, 0) is 55.5 Å². The van der Waals surface area contributed by atoms with Gasteiger partial charge < -0.3 is 10.1 Å². The lowest BCUT2D eigenvalue weighted by molar-refractivity contribution is 0.0925. The minimum absolute atomic E-state index is 0.210. The van der Waals surface area contributed by atoms with E-state index in [2.05, 4.69) is 15.5 Å². The van der Waals surface area contributed by atoms with Crippen molar-refractivity contribution in [1.29, 1.82) is 0 Å². The van der Waals surface area contributed by atoms with Gasteiger partial charge in [0.25, 0.3) is 17.7 Å². The number of nitrogens with one attached hydrogen (secondary N) is 1. The molecule has 4 rings (SSSR count). The first-order valence-electron chi connectivity index (χ1n) is 8.92. The third-order valence-electron chi connectivity index (χ3n) is 4.41. The maximum Gasteiger partial charge on any atom is 0.267 e. The van der Waals surface area contributed by atoms with Crippen LogP contribution in [0.15, 0.2) is 60.9 Å². The topological polar surface area (TPSA) is 101 Å². The van der Waals surface area contributed by atoms with Crippen molar-refractivity contribution in [2.45, 2.75) is 6.92 Å². The number of aromatic nitrogens is 2. The Morgan fingerprint density at radius 1 is 0.931 bits per heavy atom. The molecule has 8 heteroatoms. The Bertz CT molecular complexity index is 1060. The highest BCUT2D eigenvalue weighted by Gasteiger charge is 2.37. The summed E-state index contributed by atoms with van der Waals surface area (Å²) in [5.41, 5.74) is 1.81. The van der Waals surface area contributed by atoms with E-state index in [0.717, 1.165) is 10.6 Å². The van der Waals surface area contributed by atoms with Crippen molar-refractivity contribution in [3.05, 3.63) is 77.6 Å². The van der Waals surface area contributed by atoms with E-state index in [1.165, 1.54) is 12.4 Å². The molecule has 3 amide bonds. The Morgan fingerprint density at radius 3 is 2.07 bits per heavy atom. The van der Waals surface area contributed by atoms with E-state index in [9.17, 15) is 14.4 Å². The summed E-state index contributed by atoms with van der Waals surface area (Å²) < 4.78 is 5.37. The average molecular weight is 388 g/mol. The molecule has 1 N–H and O–H groups in total. The van der Waals surface area contributed by atoms with E-state index in [1.807, 2.05) is 6.92 Å². The van der Waals surface area contributed by atoms with Crippen molar-refractivity contribution in [3.63, 3.8) is 0 Å². The number of imide groups is 1. The van der Waals surface area contributed by atoms with Gasteiger partial charge in [-0.25, -0.2) is 4.90 Å². The Labute approximate surface area is 166 Å². The molecule has 1 aliphatic rings. The molecule has 0 radical (unpaired) electrons. The molecule has 0 unspecified atom stereocenters. The highest BCUT2D eigenvalue weighted by molar-refractivity contribution is 6.34. The number of hydrogen-bond acceptors (Lipinski definition) is 6. The lowest BCUT2D eigenvalue weighted by atomic mass is 10.1. The van der Waals surface area contributed by atoms with Crippen molar-refractivity contribution in [3.8, 4) is 5.75 Å². The fraction of sp³-hybridized carbons (Fsp3) is 0.0952. The van der Waals surface area contributed by atoms with Crippen molar-refractivity contribution >= 4 is 29.1 Å². The summed E-state index contributed by atoms with van der Waals surface area (Å²) in [7, 11) is 0. The van der Waals surface area contributed by atoms with Crippen molar-refractivity contribution in [2.75, 3.05) is 16.8 Å². The summed E-state index contributed by atoms with van der Waals surface area (Å²) in [4.78, 5) is 38.5. The van der Waals surface area contributed by atoms with E-state index in [4.69, 9.17) is 4.74 Å². The summed E-state index contributed by atoms with van der Waals surface area (Å²) in [5.74, 6) is -0.518. The molecule has 3 aromatic rings. The van der Waals surface area contributed by atoms with Crippen LogP contribution in [-0.4, -0.2) is 34.5 Å². The van der Waals surface area contributed by atoms with Gasteiger partial charge in [0.05, 0.1) is 35.8 Å². The zero-order chi connectivity index (χ0) is 20.4. The first kappa shape index (κ1) is 18.3. The van der Waals surface area contributed by atoms with Crippen LogP contribution in [0.5, 0.6) is 5.75 Å². The molecule has 1 aliphatic heterocycles. The zero-order valence-corrected chi connectivity index (χ0v) is 15.5. The van der Waals surface area contributed by atoms with Gasteiger partial charge in [-0.2, -0.15) is 10.2 Å². The number of anilines is 2. The van der Waals surface area contributed by atoms with E-state index in [1.54, 1.807) is 48.5 Å². The van der Waals surface area contributed by atoms with Gasteiger partial charge in [0.2, 0.25) is 0 Å². The summed E-state index contributed by atoms with van der Waals surface area (Å²) in [6.07, 6.45) is 2.54. The molecule has 2 aromatic carbocycles. The summed E-state index contributed by atoms with van der Waals surface area (Å²) in [6, 6.07) is 13.3. The van der Waals surface area contributed by atoms with Crippen molar-refractivity contribution in [2.24, 2.45) is 0 Å². The summed E-state index contributed by atoms with van der Waals surface area (Å²) >= 11 is 0. The molecule has 0 saturated carbocycles. The second kappa shape index (κ2) is 7.51. The van der Waals surface area contributed by atoms with Crippen LogP contribution < -0.4 is 15.0 Å². The number of hydrogen-bond donors (Lipinski definition) is 1. The average Bonchev–Trinajstić information content (AvgIpc) is 3.00. The third kappa shape index (κ3) is 3.43. The first-order chi connectivity index (χ1) is 14.1. The molecule has 0 atom stereocenters. The minimum atomic E-state index is -0.466. The highest BCUT2D eigenvalue weighted by Crippen LogP contribution is 2.27. The Kier molecular flexibility index (Phi) is 4.74. The van der Waals surface area contributed by atoms with Crippen molar-refractivity contribution < 1.29 is 19.1 Å². The van der Waals surface area contributed by atoms with Crippen LogP contribution in [0.25, 0.3) is 0 Å². The third-order valence-corrected chi connectivity index (χ3v) is 4.41. The van der Waals surface area contributed by atoms with Gasteiger partial charge in [0, 0.05) is 11.3 Å². The van der Waals surface area contributed by atoms with Crippen molar-refractivity contribution in [1.82, 2.24) is 10.2 Å². The van der Waals surface area contributed by atoms with E-state index >= 15 is 0 Å². The summed E-state index contributed by atoms with van der Waals surface area (Å²) in [6.45, 7) is 2.47. The standard InChI is InChI=1S/C21H16N4O4/c1-2-29-16-9-5-14(6-10-16)24-19(26)13-3-7-15(8-4-13)25-20(27)17-11-22-23-12-18(17)21(25)28/h3-12H,2H2,1H3,(H,24,26). The SMILES string of the molecule is CCOc1ccc(NC(=O)c2ccc(N3C(=O)c4cnncc4C3=O)cc2)cc1. The molecule has 0 saturated heterocycles. The number of carbonyl (C=O) groups is 3. The fourth-order valence-corrected chi connectivity index (χ4v) is 3.00. The van der Waals surface area contributed by atoms with Crippen LogP contribution in [0.3, 0.4) is 0 Å². The zero-order valence-electron chi connectivity index (χ0n) is 15.5. The van der Waals surface area contributed by atoms with E-state index in [-0.39, 0.29) is 17.0 Å². The largest absolute Gasteiger partial charge is 0.494 e. The monoisotopic (exact) mass is 388 g/mol. The molecule has 1 aromatic heterocycles. The highest BCUT2D eigenvalue weighted by atomic mass is 16.5. The number of carbonyl (C=O) groups excluding carboxylic acids is 3. The van der Waals surface area contributed by atoms with Gasteiger partial charge in [0.15, 0.2) is 0 Å². The smallest absolute Gasteiger partial charge is 0.267 e. The number of amides is 3. The molecule has 29 heavy (non-hydrogen) atoms. The maximum absolute atomic E-state index is 12.5. The van der Waals surface area contributed by atoms with E-state index < -0.39 is 11.8 Å². The Morgan fingerprint density at radius 2 is 1.52 bits per heavy atom. The lowest BCUT2D eigenvalue weighted by Gasteiger charge is -2.14. The second-order valence-corrected chi connectivity index (χ2v) is 6.22. The number of fused-ring (bicyclic) bond motifs is 1. The van der Waals surface area contributed by atoms with Gasteiger partial charge in [-0.1, -0.05) is 0 Å². The van der Waals surface area contributed by atoms with Gasteiger partial charge in [-0.15, -0.1) is 0 Å².